The summed E-state index contributed by atoms with van der Waals surface area (Å²) in [6, 6.07) is 4.10. The van der Waals surface area contributed by atoms with Crippen molar-refractivity contribution in [2.75, 3.05) is 26.3 Å². The average molecular weight is 419 g/mol. The second-order valence-corrected chi connectivity index (χ2v) is 9.40. The maximum Gasteiger partial charge on any atom is 0.263 e. The number of rotatable bonds is 7. The molecule has 4 rings (SSSR count). The number of likely N-dealkylation sites (tertiary alicyclic amines) is 1. The highest BCUT2D eigenvalue weighted by Crippen LogP contribution is 2.33. The SMILES string of the molecule is CCOCCn1c(C[NH+]2CCC(C)CC2)nc2scc(-c3cccs3)c2c1=O. The van der Waals surface area contributed by atoms with Crippen molar-refractivity contribution in [3.63, 3.8) is 0 Å². The van der Waals surface area contributed by atoms with Gasteiger partial charge in [-0.15, -0.1) is 22.7 Å². The van der Waals surface area contributed by atoms with Crippen LogP contribution in [0.25, 0.3) is 20.7 Å². The maximum absolute atomic E-state index is 13.5. The number of nitrogens with zero attached hydrogens (tertiary/aromatic N) is 2. The summed E-state index contributed by atoms with van der Waals surface area (Å²) in [7, 11) is 0. The van der Waals surface area contributed by atoms with Crippen molar-refractivity contribution in [2.24, 2.45) is 5.92 Å². The van der Waals surface area contributed by atoms with Crippen molar-refractivity contribution in [3.8, 4) is 10.4 Å². The highest BCUT2D eigenvalue weighted by atomic mass is 32.1. The number of hydrogen-bond acceptors (Lipinski definition) is 5. The summed E-state index contributed by atoms with van der Waals surface area (Å²) in [5.74, 6) is 1.71. The molecule has 1 N–H and O–H groups in total. The molecule has 0 unspecified atom stereocenters. The van der Waals surface area contributed by atoms with Gasteiger partial charge in [0.15, 0.2) is 5.82 Å². The van der Waals surface area contributed by atoms with Crippen LogP contribution in [0.1, 0.15) is 32.5 Å². The molecule has 150 valence electrons. The first-order chi connectivity index (χ1) is 13.7. The van der Waals surface area contributed by atoms with E-state index in [1.54, 1.807) is 22.7 Å². The fourth-order valence-electron chi connectivity index (χ4n) is 3.92. The molecule has 1 aliphatic heterocycles. The number of aromatic nitrogens is 2. The van der Waals surface area contributed by atoms with E-state index in [1.807, 2.05) is 17.6 Å². The third-order valence-electron chi connectivity index (χ3n) is 5.61. The largest absolute Gasteiger partial charge is 0.380 e. The van der Waals surface area contributed by atoms with Gasteiger partial charge in [0, 0.05) is 22.4 Å². The predicted molar refractivity (Wildman–Crippen MR) is 116 cm³/mol. The quantitative estimate of drug-likeness (QED) is 0.600. The van der Waals surface area contributed by atoms with E-state index in [0.29, 0.717) is 19.8 Å². The van der Waals surface area contributed by atoms with E-state index >= 15 is 0 Å². The van der Waals surface area contributed by atoms with Gasteiger partial charge >= 0.3 is 0 Å². The highest BCUT2D eigenvalue weighted by molar-refractivity contribution is 7.18. The predicted octanol–water partition coefficient (Wildman–Crippen LogP) is 3.04. The average Bonchev–Trinajstić information content (AvgIpc) is 3.35. The molecule has 1 fully saturated rings. The summed E-state index contributed by atoms with van der Waals surface area (Å²) in [6.45, 7) is 9.21. The third-order valence-corrected chi connectivity index (χ3v) is 7.39. The normalized spacial score (nSPS) is 20.1. The Bertz CT molecular complexity index is 970. The molecule has 0 bridgehead atoms. The summed E-state index contributed by atoms with van der Waals surface area (Å²) in [6.07, 6.45) is 2.50. The summed E-state index contributed by atoms with van der Waals surface area (Å²) in [5, 5.41) is 4.89. The number of nitrogens with one attached hydrogen (secondary N) is 1. The zero-order chi connectivity index (χ0) is 19.5. The number of fused-ring (bicyclic) bond motifs is 1. The topological polar surface area (TPSA) is 48.6 Å². The molecular weight excluding hydrogens is 390 g/mol. The molecule has 1 saturated heterocycles. The smallest absolute Gasteiger partial charge is 0.263 e. The first-order valence-corrected chi connectivity index (χ1v) is 11.9. The second-order valence-electron chi connectivity index (χ2n) is 7.60. The molecule has 0 amide bonds. The van der Waals surface area contributed by atoms with Gasteiger partial charge in [-0.1, -0.05) is 13.0 Å². The van der Waals surface area contributed by atoms with Gasteiger partial charge in [-0.25, -0.2) is 4.98 Å². The van der Waals surface area contributed by atoms with Crippen molar-refractivity contribution in [1.29, 1.82) is 0 Å². The van der Waals surface area contributed by atoms with E-state index in [2.05, 4.69) is 23.8 Å². The molecule has 0 spiro atoms. The molecule has 0 atom stereocenters. The molecule has 1 aliphatic rings. The van der Waals surface area contributed by atoms with Crippen LogP contribution in [0.2, 0.25) is 0 Å². The summed E-state index contributed by atoms with van der Waals surface area (Å²) >= 11 is 3.25. The van der Waals surface area contributed by atoms with E-state index in [0.717, 1.165) is 52.0 Å². The van der Waals surface area contributed by atoms with Crippen LogP contribution in [-0.2, 0) is 17.8 Å². The monoisotopic (exact) mass is 418 g/mol. The molecule has 0 radical (unpaired) electrons. The lowest BCUT2D eigenvalue weighted by Crippen LogP contribution is -3.11. The van der Waals surface area contributed by atoms with E-state index in [-0.39, 0.29) is 5.56 Å². The molecule has 28 heavy (non-hydrogen) atoms. The minimum atomic E-state index is 0.0779. The number of hydrogen-bond donors (Lipinski definition) is 1. The van der Waals surface area contributed by atoms with Crippen molar-refractivity contribution in [2.45, 2.75) is 39.8 Å². The van der Waals surface area contributed by atoms with Gasteiger partial charge in [0.05, 0.1) is 31.6 Å². The van der Waals surface area contributed by atoms with Crippen LogP contribution in [0, 0.1) is 5.92 Å². The van der Waals surface area contributed by atoms with Crippen molar-refractivity contribution in [3.05, 3.63) is 39.1 Å². The first kappa shape index (κ1) is 19.8. The van der Waals surface area contributed by atoms with Crippen LogP contribution in [0.4, 0.5) is 0 Å². The summed E-state index contributed by atoms with van der Waals surface area (Å²) < 4.78 is 7.43. The Kier molecular flexibility index (Phi) is 6.25. The molecule has 0 aromatic carbocycles. The van der Waals surface area contributed by atoms with E-state index in [1.165, 1.54) is 17.7 Å². The molecular formula is C21H28N3O2S2+. The Hall–Kier alpha value is -1.54. The van der Waals surface area contributed by atoms with Gasteiger partial charge in [0.2, 0.25) is 0 Å². The Morgan fingerprint density at radius 2 is 2.14 bits per heavy atom. The molecule has 0 aliphatic carbocycles. The Morgan fingerprint density at radius 3 is 2.86 bits per heavy atom. The van der Waals surface area contributed by atoms with Crippen LogP contribution in [-0.4, -0.2) is 35.9 Å². The van der Waals surface area contributed by atoms with Gasteiger partial charge in [-0.2, -0.15) is 0 Å². The van der Waals surface area contributed by atoms with Crippen LogP contribution in [0.3, 0.4) is 0 Å². The molecule has 5 nitrogen and oxygen atoms in total. The second kappa shape index (κ2) is 8.86. The lowest BCUT2D eigenvalue weighted by molar-refractivity contribution is -0.920. The third kappa shape index (κ3) is 4.08. The molecule has 7 heteroatoms. The van der Waals surface area contributed by atoms with Crippen LogP contribution >= 0.6 is 22.7 Å². The van der Waals surface area contributed by atoms with Crippen molar-refractivity contribution >= 4 is 32.9 Å². The number of ether oxygens (including phenoxy) is 1. The highest BCUT2D eigenvalue weighted by Gasteiger charge is 2.23. The van der Waals surface area contributed by atoms with E-state index < -0.39 is 0 Å². The molecule has 3 aromatic heterocycles. The number of thiophene rings is 2. The number of quaternary nitrogens is 1. The van der Waals surface area contributed by atoms with Crippen molar-refractivity contribution in [1.82, 2.24) is 9.55 Å². The van der Waals surface area contributed by atoms with Gasteiger partial charge < -0.3 is 9.64 Å². The van der Waals surface area contributed by atoms with Gasteiger partial charge in [0.25, 0.3) is 5.56 Å². The van der Waals surface area contributed by atoms with E-state index in [4.69, 9.17) is 9.72 Å². The van der Waals surface area contributed by atoms with Crippen LogP contribution < -0.4 is 10.5 Å². The maximum atomic E-state index is 13.5. The summed E-state index contributed by atoms with van der Waals surface area (Å²) in [4.78, 5) is 22.0. The van der Waals surface area contributed by atoms with Gasteiger partial charge in [0.1, 0.15) is 11.4 Å². The Labute approximate surface area is 173 Å². The Balaban J connectivity index is 1.73. The van der Waals surface area contributed by atoms with Crippen molar-refractivity contribution < 1.29 is 9.64 Å². The zero-order valence-electron chi connectivity index (χ0n) is 16.6. The number of piperidine rings is 1. The molecule has 4 heterocycles. The molecule has 0 saturated carbocycles. The summed E-state index contributed by atoms with van der Waals surface area (Å²) in [5.41, 5.74) is 1.09. The lowest BCUT2D eigenvalue weighted by Gasteiger charge is -2.27. The van der Waals surface area contributed by atoms with E-state index in [9.17, 15) is 4.79 Å². The zero-order valence-corrected chi connectivity index (χ0v) is 18.2. The minimum absolute atomic E-state index is 0.0779. The fraction of sp³-hybridized carbons (Fsp3) is 0.524. The van der Waals surface area contributed by atoms with Gasteiger partial charge in [-0.05, 0) is 37.1 Å². The first-order valence-electron chi connectivity index (χ1n) is 10.1. The fourth-order valence-corrected chi connectivity index (χ4v) is 5.69. The van der Waals surface area contributed by atoms with Crippen LogP contribution in [0.5, 0.6) is 0 Å². The van der Waals surface area contributed by atoms with Gasteiger partial charge in [-0.3, -0.25) is 9.36 Å². The lowest BCUT2D eigenvalue weighted by atomic mass is 9.99. The van der Waals surface area contributed by atoms with Crippen LogP contribution in [0.15, 0.2) is 27.7 Å². The minimum Gasteiger partial charge on any atom is -0.380 e. The Morgan fingerprint density at radius 1 is 1.32 bits per heavy atom. The standard InChI is InChI=1S/C21H27N3O2S2/c1-3-26-11-10-24-18(13-23-8-6-15(2)7-9-23)22-20-19(21(24)25)16(14-28-20)17-5-4-12-27-17/h4-5,12,14-15H,3,6-11,13H2,1-2H3/p+1. The molecule has 3 aromatic rings.